The first-order valence-corrected chi connectivity index (χ1v) is 6.47. The van der Waals surface area contributed by atoms with Gasteiger partial charge in [0.25, 0.3) is 0 Å². The van der Waals surface area contributed by atoms with Crippen LogP contribution in [0.25, 0.3) is 0 Å². The lowest BCUT2D eigenvalue weighted by atomic mass is 10.1. The van der Waals surface area contributed by atoms with E-state index in [1.54, 1.807) is 30.6 Å². The molecule has 0 unspecified atom stereocenters. The summed E-state index contributed by atoms with van der Waals surface area (Å²) in [6.45, 7) is 0.652. The third-order valence-electron chi connectivity index (χ3n) is 3.25. The maximum absolute atomic E-state index is 11.3. The van der Waals surface area contributed by atoms with E-state index in [2.05, 4.69) is 10.4 Å². The van der Waals surface area contributed by atoms with Gasteiger partial charge in [0, 0.05) is 26.0 Å². The number of hydrogen-bond acceptors (Lipinski definition) is 6. The molecule has 7 heteroatoms. The van der Waals surface area contributed by atoms with Gasteiger partial charge >= 0.3 is 5.69 Å². The van der Waals surface area contributed by atoms with Crippen LogP contribution in [0.15, 0.2) is 42.7 Å². The van der Waals surface area contributed by atoms with Crippen LogP contribution in [0.4, 0.5) is 17.1 Å². The summed E-state index contributed by atoms with van der Waals surface area (Å²) in [5.41, 5.74) is 4.32. The van der Waals surface area contributed by atoms with Crippen LogP contribution in [0.1, 0.15) is 5.56 Å². The highest BCUT2D eigenvalue weighted by Crippen LogP contribution is 2.34. The first-order valence-electron chi connectivity index (χ1n) is 6.47. The first-order chi connectivity index (χ1) is 10.1. The number of para-hydroxylation sites is 1. The van der Waals surface area contributed by atoms with Crippen LogP contribution in [0.2, 0.25) is 0 Å². The average Bonchev–Trinajstić information content (AvgIpc) is 2.52. The van der Waals surface area contributed by atoms with E-state index in [9.17, 15) is 10.1 Å². The molecule has 0 fully saturated rings. The highest BCUT2D eigenvalue weighted by Gasteiger charge is 2.21. The van der Waals surface area contributed by atoms with E-state index in [1.165, 1.54) is 0 Å². The van der Waals surface area contributed by atoms with Crippen LogP contribution in [0.5, 0.6) is 0 Å². The van der Waals surface area contributed by atoms with Gasteiger partial charge in [-0.1, -0.05) is 6.07 Å². The van der Waals surface area contributed by atoms with E-state index < -0.39 is 4.92 Å². The summed E-state index contributed by atoms with van der Waals surface area (Å²) in [4.78, 5) is 16.6. The Morgan fingerprint density at radius 1 is 1.33 bits per heavy atom. The van der Waals surface area contributed by atoms with Gasteiger partial charge < -0.3 is 10.3 Å². The largest absolute Gasteiger partial charge is 0.369 e. The summed E-state index contributed by atoms with van der Waals surface area (Å²) >= 11 is 0. The van der Waals surface area contributed by atoms with Crippen molar-refractivity contribution in [3.63, 3.8) is 0 Å². The van der Waals surface area contributed by atoms with Crippen LogP contribution in [-0.2, 0) is 6.42 Å². The second kappa shape index (κ2) is 6.67. The van der Waals surface area contributed by atoms with Crippen LogP contribution in [0.3, 0.4) is 0 Å². The van der Waals surface area contributed by atoms with E-state index in [-0.39, 0.29) is 5.69 Å². The number of nitro groups is 1. The van der Waals surface area contributed by atoms with Crippen molar-refractivity contribution in [2.75, 3.05) is 23.9 Å². The van der Waals surface area contributed by atoms with Crippen molar-refractivity contribution in [2.24, 2.45) is 5.84 Å². The highest BCUT2D eigenvalue weighted by molar-refractivity contribution is 5.76. The zero-order valence-corrected chi connectivity index (χ0v) is 11.7. The van der Waals surface area contributed by atoms with Crippen molar-refractivity contribution < 1.29 is 4.92 Å². The fourth-order valence-electron chi connectivity index (χ4n) is 2.11. The standard InChI is InChI=1S/C14H17N5O2/c1-18(10-7-11-5-8-16-9-6-11)13-4-2-3-12(17-15)14(13)19(20)21/h2-6,8-9,17H,7,10,15H2,1H3. The zero-order valence-electron chi connectivity index (χ0n) is 11.7. The van der Waals surface area contributed by atoms with Crippen LogP contribution >= 0.6 is 0 Å². The lowest BCUT2D eigenvalue weighted by Crippen LogP contribution is -2.22. The fourth-order valence-corrected chi connectivity index (χ4v) is 2.11. The van der Waals surface area contributed by atoms with Gasteiger partial charge in [-0.05, 0) is 36.2 Å². The number of likely N-dealkylation sites (N-methyl/N-ethyl adjacent to an activating group) is 1. The van der Waals surface area contributed by atoms with E-state index in [0.717, 1.165) is 12.0 Å². The van der Waals surface area contributed by atoms with Crippen molar-refractivity contribution >= 4 is 17.1 Å². The van der Waals surface area contributed by atoms with E-state index in [1.807, 2.05) is 24.1 Å². The van der Waals surface area contributed by atoms with Gasteiger partial charge in [-0.2, -0.15) is 0 Å². The molecule has 7 nitrogen and oxygen atoms in total. The molecule has 3 N–H and O–H groups in total. The highest BCUT2D eigenvalue weighted by atomic mass is 16.6. The van der Waals surface area contributed by atoms with Crippen LogP contribution < -0.4 is 16.2 Å². The second-order valence-corrected chi connectivity index (χ2v) is 4.60. The zero-order chi connectivity index (χ0) is 15.2. The number of nitrogens with zero attached hydrogens (tertiary/aromatic N) is 3. The molecule has 0 atom stereocenters. The summed E-state index contributed by atoms with van der Waals surface area (Å²) in [6.07, 6.45) is 4.24. The van der Waals surface area contributed by atoms with Gasteiger partial charge in [-0.25, -0.2) is 0 Å². The molecular formula is C14H17N5O2. The number of nitro benzene ring substituents is 1. The Balaban J connectivity index is 2.19. The Morgan fingerprint density at radius 2 is 2.05 bits per heavy atom. The molecule has 110 valence electrons. The average molecular weight is 287 g/mol. The van der Waals surface area contributed by atoms with Gasteiger partial charge in [-0.3, -0.25) is 20.9 Å². The van der Waals surface area contributed by atoms with Gasteiger partial charge in [0.15, 0.2) is 0 Å². The maximum Gasteiger partial charge on any atom is 0.316 e. The molecule has 0 radical (unpaired) electrons. The Bertz CT molecular complexity index is 618. The number of nitrogens with two attached hydrogens (primary N) is 1. The molecular weight excluding hydrogens is 270 g/mol. The monoisotopic (exact) mass is 287 g/mol. The molecule has 0 aliphatic carbocycles. The Morgan fingerprint density at radius 3 is 2.67 bits per heavy atom. The number of nitrogens with one attached hydrogen (secondary N) is 1. The number of hydrogen-bond donors (Lipinski definition) is 2. The second-order valence-electron chi connectivity index (χ2n) is 4.60. The van der Waals surface area contributed by atoms with Crippen molar-refractivity contribution in [3.05, 3.63) is 58.4 Å². The molecule has 0 amide bonds. The molecule has 0 aliphatic rings. The van der Waals surface area contributed by atoms with Gasteiger partial charge in [0.2, 0.25) is 0 Å². The SMILES string of the molecule is CN(CCc1ccncc1)c1cccc(NN)c1[N+](=O)[O-]. The lowest BCUT2D eigenvalue weighted by molar-refractivity contribution is -0.383. The smallest absolute Gasteiger partial charge is 0.316 e. The summed E-state index contributed by atoms with van der Waals surface area (Å²) < 4.78 is 0. The van der Waals surface area contributed by atoms with Gasteiger partial charge in [-0.15, -0.1) is 0 Å². The summed E-state index contributed by atoms with van der Waals surface area (Å²) in [5.74, 6) is 5.34. The summed E-state index contributed by atoms with van der Waals surface area (Å²) in [6, 6.07) is 8.89. The van der Waals surface area contributed by atoms with Gasteiger partial charge in [0.1, 0.15) is 11.4 Å². The predicted molar refractivity (Wildman–Crippen MR) is 82.1 cm³/mol. The van der Waals surface area contributed by atoms with E-state index in [4.69, 9.17) is 5.84 Å². The maximum atomic E-state index is 11.3. The molecule has 21 heavy (non-hydrogen) atoms. The Hall–Kier alpha value is -2.67. The van der Waals surface area contributed by atoms with Crippen molar-refractivity contribution in [2.45, 2.75) is 6.42 Å². The molecule has 0 spiro atoms. The normalized spacial score (nSPS) is 10.2. The molecule has 0 bridgehead atoms. The molecule has 1 aromatic carbocycles. The number of benzene rings is 1. The molecule has 2 aromatic rings. The van der Waals surface area contributed by atoms with Crippen molar-refractivity contribution in [1.29, 1.82) is 0 Å². The van der Waals surface area contributed by atoms with E-state index in [0.29, 0.717) is 17.9 Å². The Kier molecular flexibility index (Phi) is 4.68. The lowest BCUT2D eigenvalue weighted by Gasteiger charge is -2.20. The fraction of sp³-hybridized carbons (Fsp3) is 0.214. The van der Waals surface area contributed by atoms with Gasteiger partial charge in [0.05, 0.1) is 4.92 Å². The molecule has 1 aromatic heterocycles. The number of anilines is 2. The van der Waals surface area contributed by atoms with Crippen LogP contribution in [-0.4, -0.2) is 23.5 Å². The predicted octanol–water partition coefficient (Wildman–Crippen LogP) is 1.95. The van der Waals surface area contributed by atoms with Crippen LogP contribution in [0, 0.1) is 10.1 Å². The number of pyridine rings is 1. The quantitative estimate of drug-likeness (QED) is 0.479. The van der Waals surface area contributed by atoms with Crippen molar-refractivity contribution in [1.82, 2.24) is 4.98 Å². The van der Waals surface area contributed by atoms with E-state index >= 15 is 0 Å². The third-order valence-corrected chi connectivity index (χ3v) is 3.25. The number of rotatable bonds is 6. The Labute approximate surface area is 122 Å². The molecule has 0 saturated carbocycles. The first kappa shape index (κ1) is 14.7. The minimum atomic E-state index is -0.423. The number of hydrazine groups is 1. The number of aromatic nitrogens is 1. The summed E-state index contributed by atoms with van der Waals surface area (Å²) in [5, 5.41) is 11.3. The van der Waals surface area contributed by atoms with Crippen molar-refractivity contribution in [3.8, 4) is 0 Å². The molecule has 0 aliphatic heterocycles. The summed E-state index contributed by atoms with van der Waals surface area (Å²) in [7, 11) is 1.82. The minimum Gasteiger partial charge on any atom is -0.369 e. The number of nitrogen functional groups attached to an aromatic ring is 1. The molecule has 0 saturated heterocycles. The topological polar surface area (TPSA) is 97.3 Å². The minimum absolute atomic E-state index is 0.0165. The molecule has 2 rings (SSSR count). The third kappa shape index (κ3) is 3.46. The molecule has 1 heterocycles.